The Morgan fingerprint density at radius 3 is 2.50 bits per heavy atom. The van der Waals surface area contributed by atoms with Gasteiger partial charge in [0.15, 0.2) is 5.82 Å². The highest BCUT2D eigenvalue weighted by atomic mass is 19.1. The monoisotopic (exact) mass is 230 g/mol. The first kappa shape index (κ1) is 12.8. The van der Waals surface area contributed by atoms with E-state index in [0.29, 0.717) is 12.8 Å². The Morgan fingerprint density at radius 2 is 2.00 bits per heavy atom. The predicted molar refractivity (Wildman–Crippen MR) is 57.1 cm³/mol. The maximum absolute atomic E-state index is 13.2. The van der Waals surface area contributed by atoms with Crippen LogP contribution in [0.1, 0.15) is 26.7 Å². The molecule has 5 heteroatoms. The van der Waals surface area contributed by atoms with Crippen molar-refractivity contribution in [2.75, 3.05) is 6.61 Å². The van der Waals surface area contributed by atoms with Gasteiger partial charge in [-0.2, -0.15) is 0 Å². The van der Waals surface area contributed by atoms with E-state index in [1.807, 2.05) is 13.8 Å². The SMILES string of the molecule is CCC(N)(CC)COc1ncc(F)cc1F. The Balaban J connectivity index is 2.67. The molecule has 0 aromatic carbocycles. The molecule has 0 amide bonds. The summed E-state index contributed by atoms with van der Waals surface area (Å²) in [5.41, 5.74) is 5.48. The lowest BCUT2D eigenvalue weighted by molar-refractivity contribution is 0.193. The van der Waals surface area contributed by atoms with Gasteiger partial charge in [0.2, 0.25) is 0 Å². The molecule has 0 bridgehead atoms. The zero-order valence-electron chi connectivity index (χ0n) is 9.46. The standard InChI is InChI=1S/C11H16F2N2O/c1-3-11(14,4-2)7-16-10-9(13)5-8(12)6-15-10/h5-6H,3-4,7,14H2,1-2H3. The molecule has 2 N–H and O–H groups in total. The molecule has 90 valence electrons. The summed E-state index contributed by atoms with van der Waals surface area (Å²) in [6.07, 6.45) is 2.34. The molecule has 0 saturated heterocycles. The van der Waals surface area contributed by atoms with Crippen LogP contribution in [0.3, 0.4) is 0 Å². The van der Waals surface area contributed by atoms with Crippen LogP contribution in [0.25, 0.3) is 0 Å². The third kappa shape index (κ3) is 3.13. The van der Waals surface area contributed by atoms with E-state index in [1.54, 1.807) is 0 Å². The summed E-state index contributed by atoms with van der Waals surface area (Å²) in [5.74, 6) is -1.75. The van der Waals surface area contributed by atoms with Crippen molar-refractivity contribution in [1.82, 2.24) is 4.98 Å². The van der Waals surface area contributed by atoms with E-state index in [4.69, 9.17) is 10.5 Å². The first-order chi connectivity index (χ1) is 7.50. The Morgan fingerprint density at radius 1 is 1.38 bits per heavy atom. The van der Waals surface area contributed by atoms with E-state index in [2.05, 4.69) is 4.98 Å². The van der Waals surface area contributed by atoms with Crippen LogP contribution in [0.15, 0.2) is 12.3 Å². The van der Waals surface area contributed by atoms with Crippen LogP contribution in [0.5, 0.6) is 5.88 Å². The minimum atomic E-state index is -0.811. The van der Waals surface area contributed by atoms with E-state index in [1.165, 1.54) is 0 Å². The van der Waals surface area contributed by atoms with Gasteiger partial charge in [-0.1, -0.05) is 13.8 Å². The summed E-state index contributed by atoms with van der Waals surface area (Å²) in [4.78, 5) is 3.52. The Hall–Kier alpha value is -1.23. The number of hydrogen-bond acceptors (Lipinski definition) is 3. The first-order valence-corrected chi connectivity index (χ1v) is 5.23. The first-order valence-electron chi connectivity index (χ1n) is 5.23. The van der Waals surface area contributed by atoms with E-state index in [9.17, 15) is 8.78 Å². The molecule has 0 atom stereocenters. The van der Waals surface area contributed by atoms with Gasteiger partial charge in [-0.25, -0.2) is 13.8 Å². The average Bonchev–Trinajstić information content (AvgIpc) is 2.27. The number of ether oxygens (including phenoxy) is 1. The number of halogens is 2. The molecule has 0 aliphatic rings. The lowest BCUT2D eigenvalue weighted by Crippen LogP contribution is -2.44. The number of hydrogen-bond donors (Lipinski definition) is 1. The lowest BCUT2D eigenvalue weighted by atomic mass is 9.96. The molecule has 1 aromatic heterocycles. The molecule has 0 saturated carbocycles. The minimum absolute atomic E-state index is 0.162. The highest BCUT2D eigenvalue weighted by molar-refractivity contribution is 5.14. The molecular weight excluding hydrogens is 214 g/mol. The third-order valence-corrected chi connectivity index (χ3v) is 2.68. The van der Waals surface area contributed by atoms with E-state index in [-0.39, 0.29) is 12.5 Å². The minimum Gasteiger partial charge on any atom is -0.474 e. The van der Waals surface area contributed by atoms with Crippen molar-refractivity contribution >= 4 is 0 Å². The highest BCUT2D eigenvalue weighted by Gasteiger charge is 2.22. The molecule has 0 radical (unpaired) electrons. The van der Waals surface area contributed by atoms with Gasteiger partial charge in [0, 0.05) is 11.6 Å². The van der Waals surface area contributed by atoms with Crippen molar-refractivity contribution in [3.8, 4) is 5.88 Å². The number of nitrogens with zero attached hydrogens (tertiary/aromatic N) is 1. The summed E-state index contributed by atoms with van der Waals surface area (Å²) in [6, 6.07) is 0.735. The molecule has 1 rings (SSSR count). The Labute approximate surface area is 93.6 Å². The molecule has 1 heterocycles. The van der Waals surface area contributed by atoms with Crippen molar-refractivity contribution in [3.05, 3.63) is 23.9 Å². The van der Waals surface area contributed by atoms with Crippen molar-refractivity contribution in [2.24, 2.45) is 5.73 Å². The van der Waals surface area contributed by atoms with Crippen LogP contribution < -0.4 is 10.5 Å². The fourth-order valence-corrected chi connectivity index (χ4v) is 1.17. The van der Waals surface area contributed by atoms with Crippen molar-refractivity contribution in [3.63, 3.8) is 0 Å². The van der Waals surface area contributed by atoms with Gasteiger partial charge < -0.3 is 10.5 Å². The zero-order chi connectivity index (χ0) is 12.2. The van der Waals surface area contributed by atoms with Gasteiger partial charge in [0.05, 0.1) is 6.20 Å². The largest absolute Gasteiger partial charge is 0.474 e. The molecule has 0 aliphatic heterocycles. The van der Waals surface area contributed by atoms with Crippen LogP contribution in [0.4, 0.5) is 8.78 Å². The molecule has 0 spiro atoms. The summed E-state index contributed by atoms with van der Waals surface area (Å²) >= 11 is 0. The average molecular weight is 230 g/mol. The Bertz CT molecular complexity index is 354. The quantitative estimate of drug-likeness (QED) is 0.844. The fourth-order valence-electron chi connectivity index (χ4n) is 1.17. The summed E-state index contributed by atoms with van der Waals surface area (Å²) in [5, 5.41) is 0. The third-order valence-electron chi connectivity index (χ3n) is 2.68. The van der Waals surface area contributed by atoms with E-state index < -0.39 is 17.2 Å². The van der Waals surface area contributed by atoms with Crippen LogP contribution in [0.2, 0.25) is 0 Å². The van der Waals surface area contributed by atoms with Gasteiger partial charge in [-0.3, -0.25) is 0 Å². The molecular formula is C11H16F2N2O. The summed E-state index contributed by atoms with van der Waals surface area (Å²) in [6.45, 7) is 4.03. The zero-order valence-corrected chi connectivity index (χ0v) is 9.46. The molecule has 0 unspecified atom stereocenters. The number of pyridine rings is 1. The van der Waals surface area contributed by atoms with Crippen molar-refractivity contribution in [2.45, 2.75) is 32.2 Å². The van der Waals surface area contributed by atoms with Crippen LogP contribution in [-0.2, 0) is 0 Å². The van der Waals surface area contributed by atoms with Crippen molar-refractivity contribution < 1.29 is 13.5 Å². The molecule has 0 aliphatic carbocycles. The van der Waals surface area contributed by atoms with Gasteiger partial charge in [-0.15, -0.1) is 0 Å². The molecule has 16 heavy (non-hydrogen) atoms. The second kappa shape index (κ2) is 5.21. The lowest BCUT2D eigenvalue weighted by Gasteiger charge is -2.26. The number of rotatable bonds is 5. The van der Waals surface area contributed by atoms with Crippen LogP contribution >= 0.6 is 0 Å². The van der Waals surface area contributed by atoms with E-state index >= 15 is 0 Å². The Kier molecular flexibility index (Phi) is 4.18. The van der Waals surface area contributed by atoms with Gasteiger partial charge >= 0.3 is 0 Å². The van der Waals surface area contributed by atoms with Crippen molar-refractivity contribution in [1.29, 1.82) is 0 Å². The second-order valence-corrected chi connectivity index (χ2v) is 3.80. The number of aromatic nitrogens is 1. The molecule has 1 aromatic rings. The maximum atomic E-state index is 13.2. The van der Waals surface area contributed by atoms with Crippen LogP contribution in [-0.4, -0.2) is 17.1 Å². The summed E-state index contributed by atoms with van der Waals surface area (Å²) < 4.78 is 30.9. The van der Waals surface area contributed by atoms with Crippen LogP contribution in [0, 0.1) is 11.6 Å². The number of nitrogens with two attached hydrogens (primary N) is 1. The van der Waals surface area contributed by atoms with Gasteiger partial charge in [-0.05, 0) is 12.8 Å². The molecule has 0 fully saturated rings. The highest BCUT2D eigenvalue weighted by Crippen LogP contribution is 2.17. The topological polar surface area (TPSA) is 48.1 Å². The normalized spacial score (nSPS) is 11.6. The summed E-state index contributed by atoms with van der Waals surface area (Å²) in [7, 11) is 0. The molecule has 3 nitrogen and oxygen atoms in total. The smallest absolute Gasteiger partial charge is 0.250 e. The second-order valence-electron chi connectivity index (χ2n) is 3.80. The predicted octanol–water partition coefficient (Wildman–Crippen LogP) is 2.26. The van der Waals surface area contributed by atoms with E-state index in [0.717, 1.165) is 12.3 Å². The van der Waals surface area contributed by atoms with Gasteiger partial charge in [0.25, 0.3) is 5.88 Å². The fraction of sp³-hybridized carbons (Fsp3) is 0.545. The maximum Gasteiger partial charge on any atom is 0.250 e. The van der Waals surface area contributed by atoms with Gasteiger partial charge in [0.1, 0.15) is 12.4 Å².